The van der Waals surface area contributed by atoms with Crippen LogP contribution in [0.25, 0.3) is 11.1 Å². The molecule has 0 saturated carbocycles. The minimum Gasteiger partial charge on any atom is -0.508 e. The Balaban J connectivity index is 1.79. The number of pyridine rings is 1. The van der Waals surface area contributed by atoms with Crippen LogP contribution in [0.5, 0.6) is 5.75 Å². The zero-order valence-electron chi connectivity index (χ0n) is 12.0. The number of carboxylic acid groups (broad SMARTS) is 1. The van der Waals surface area contributed by atoms with Gasteiger partial charge >= 0.3 is 6.09 Å². The maximum absolute atomic E-state index is 10.9. The number of phenolic OH excluding ortho intramolecular Hbond substituents is 1. The van der Waals surface area contributed by atoms with E-state index in [0.29, 0.717) is 26.2 Å². The fourth-order valence-corrected chi connectivity index (χ4v) is 2.58. The van der Waals surface area contributed by atoms with E-state index < -0.39 is 6.09 Å². The Labute approximate surface area is 128 Å². The second-order valence-electron chi connectivity index (χ2n) is 5.21. The third-order valence-electron chi connectivity index (χ3n) is 3.80. The van der Waals surface area contributed by atoms with Crippen molar-refractivity contribution in [3.05, 3.63) is 42.6 Å². The Morgan fingerprint density at radius 1 is 1.05 bits per heavy atom. The number of benzene rings is 1. The van der Waals surface area contributed by atoms with Crippen molar-refractivity contribution in [2.24, 2.45) is 0 Å². The molecule has 2 aromatic rings. The minimum absolute atomic E-state index is 0.228. The highest BCUT2D eigenvalue weighted by atomic mass is 16.4. The van der Waals surface area contributed by atoms with Crippen molar-refractivity contribution in [1.29, 1.82) is 0 Å². The molecule has 2 heterocycles. The van der Waals surface area contributed by atoms with Crippen molar-refractivity contribution < 1.29 is 15.0 Å². The molecule has 1 saturated heterocycles. The first-order valence-electron chi connectivity index (χ1n) is 7.12. The number of rotatable bonds is 2. The van der Waals surface area contributed by atoms with E-state index >= 15 is 0 Å². The van der Waals surface area contributed by atoms with Gasteiger partial charge in [-0.3, -0.25) is 0 Å². The number of aromatic hydroxyl groups is 1. The lowest BCUT2D eigenvalue weighted by atomic mass is 10.1. The van der Waals surface area contributed by atoms with E-state index in [0.717, 1.165) is 16.9 Å². The van der Waals surface area contributed by atoms with Crippen LogP contribution in [0.1, 0.15) is 0 Å². The SMILES string of the molecule is O=C(O)N1CCN(c2cc(-c3cccc(O)c3)ccn2)CC1. The quantitative estimate of drug-likeness (QED) is 0.889. The van der Waals surface area contributed by atoms with Gasteiger partial charge < -0.3 is 20.0 Å². The number of nitrogens with zero attached hydrogens (tertiary/aromatic N) is 3. The van der Waals surface area contributed by atoms with Crippen molar-refractivity contribution >= 4 is 11.9 Å². The Morgan fingerprint density at radius 3 is 2.45 bits per heavy atom. The fourth-order valence-electron chi connectivity index (χ4n) is 2.58. The van der Waals surface area contributed by atoms with Gasteiger partial charge in [-0.05, 0) is 35.4 Å². The smallest absolute Gasteiger partial charge is 0.407 e. The van der Waals surface area contributed by atoms with Crippen molar-refractivity contribution in [2.45, 2.75) is 0 Å². The van der Waals surface area contributed by atoms with E-state index in [4.69, 9.17) is 5.11 Å². The van der Waals surface area contributed by atoms with Gasteiger partial charge in [-0.2, -0.15) is 0 Å². The molecule has 1 aliphatic heterocycles. The summed E-state index contributed by atoms with van der Waals surface area (Å²) in [5.74, 6) is 1.05. The molecule has 114 valence electrons. The lowest BCUT2D eigenvalue weighted by molar-refractivity contribution is 0.142. The van der Waals surface area contributed by atoms with Gasteiger partial charge in [-0.25, -0.2) is 9.78 Å². The molecule has 1 aliphatic rings. The summed E-state index contributed by atoms with van der Waals surface area (Å²) in [6.07, 6.45) is 0.860. The summed E-state index contributed by atoms with van der Waals surface area (Å²) in [6, 6.07) is 10.9. The molecule has 22 heavy (non-hydrogen) atoms. The van der Waals surface area contributed by atoms with Crippen molar-refractivity contribution in [2.75, 3.05) is 31.1 Å². The predicted octanol–water partition coefficient (Wildman–Crippen LogP) is 2.25. The molecule has 0 radical (unpaired) electrons. The number of amides is 1. The third kappa shape index (κ3) is 2.95. The Morgan fingerprint density at radius 2 is 1.77 bits per heavy atom. The molecule has 6 heteroatoms. The van der Waals surface area contributed by atoms with E-state index in [2.05, 4.69) is 9.88 Å². The number of hydrogen-bond acceptors (Lipinski definition) is 4. The normalized spacial score (nSPS) is 14.9. The maximum atomic E-state index is 10.9. The van der Waals surface area contributed by atoms with Crippen LogP contribution in [-0.2, 0) is 0 Å². The first-order chi connectivity index (χ1) is 10.6. The number of anilines is 1. The zero-order valence-corrected chi connectivity index (χ0v) is 12.0. The van der Waals surface area contributed by atoms with Gasteiger partial charge in [-0.15, -0.1) is 0 Å². The molecule has 3 rings (SSSR count). The summed E-state index contributed by atoms with van der Waals surface area (Å²) in [5, 5.41) is 18.6. The van der Waals surface area contributed by atoms with Crippen LogP contribution in [0.4, 0.5) is 10.6 Å². The largest absolute Gasteiger partial charge is 0.508 e. The van der Waals surface area contributed by atoms with Gasteiger partial charge in [0.25, 0.3) is 0 Å². The van der Waals surface area contributed by atoms with Crippen LogP contribution < -0.4 is 4.90 Å². The number of aromatic nitrogens is 1. The first-order valence-corrected chi connectivity index (χ1v) is 7.12. The van der Waals surface area contributed by atoms with Crippen LogP contribution in [0.15, 0.2) is 42.6 Å². The lowest BCUT2D eigenvalue weighted by Gasteiger charge is -2.33. The molecule has 0 unspecified atom stereocenters. The van der Waals surface area contributed by atoms with Crippen molar-refractivity contribution in [1.82, 2.24) is 9.88 Å². The summed E-state index contributed by atoms with van der Waals surface area (Å²) >= 11 is 0. The molecule has 6 nitrogen and oxygen atoms in total. The first kappa shape index (κ1) is 14.2. The van der Waals surface area contributed by atoms with Gasteiger partial charge in [0, 0.05) is 32.4 Å². The van der Waals surface area contributed by atoms with Gasteiger partial charge in [0.05, 0.1) is 0 Å². The summed E-state index contributed by atoms with van der Waals surface area (Å²) in [7, 11) is 0. The standard InChI is InChI=1S/C16H17N3O3/c20-14-3-1-2-12(10-14)13-4-5-17-15(11-13)18-6-8-19(9-7-18)16(21)22/h1-5,10-11,20H,6-9H2,(H,21,22). The highest BCUT2D eigenvalue weighted by molar-refractivity contribution is 5.68. The molecule has 0 aliphatic carbocycles. The molecule has 0 spiro atoms. The second-order valence-corrected chi connectivity index (χ2v) is 5.21. The third-order valence-corrected chi connectivity index (χ3v) is 3.80. The number of hydrogen-bond donors (Lipinski definition) is 2. The number of phenols is 1. The van der Waals surface area contributed by atoms with Crippen LogP contribution in [0.2, 0.25) is 0 Å². The monoisotopic (exact) mass is 299 g/mol. The molecule has 1 fully saturated rings. The van der Waals surface area contributed by atoms with Crippen LogP contribution in [-0.4, -0.2) is 52.4 Å². The average molecular weight is 299 g/mol. The molecular formula is C16H17N3O3. The van der Waals surface area contributed by atoms with E-state index in [1.54, 1.807) is 24.4 Å². The van der Waals surface area contributed by atoms with E-state index in [9.17, 15) is 9.90 Å². The molecule has 0 bridgehead atoms. The fraction of sp³-hybridized carbons (Fsp3) is 0.250. The van der Waals surface area contributed by atoms with E-state index in [1.165, 1.54) is 4.90 Å². The zero-order chi connectivity index (χ0) is 15.5. The summed E-state index contributed by atoms with van der Waals surface area (Å²) in [6.45, 7) is 2.21. The summed E-state index contributed by atoms with van der Waals surface area (Å²) in [4.78, 5) is 18.8. The Hall–Kier alpha value is -2.76. The minimum atomic E-state index is -0.874. The summed E-state index contributed by atoms with van der Waals surface area (Å²) in [5.41, 5.74) is 1.90. The van der Waals surface area contributed by atoms with Gasteiger partial charge in [0.1, 0.15) is 11.6 Å². The Bertz CT molecular complexity index is 682. The topological polar surface area (TPSA) is 76.9 Å². The summed E-state index contributed by atoms with van der Waals surface area (Å²) < 4.78 is 0. The lowest BCUT2D eigenvalue weighted by Crippen LogP contribution is -2.48. The highest BCUT2D eigenvalue weighted by Gasteiger charge is 2.21. The van der Waals surface area contributed by atoms with Crippen LogP contribution in [0, 0.1) is 0 Å². The number of carbonyl (C=O) groups is 1. The van der Waals surface area contributed by atoms with Gasteiger partial charge in [0.15, 0.2) is 0 Å². The van der Waals surface area contributed by atoms with Gasteiger partial charge in [-0.1, -0.05) is 12.1 Å². The van der Waals surface area contributed by atoms with Crippen molar-refractivity contribution in [3.8, 4) is 16.9 Å². The highest BCUT2D eigenvalue weighted by Crippen LogP contribution is 2.26. The Kier molecular flexibility index (Phi) is 3.82. The van der Waals surface area contributed by atoms with Crippen LogP contribution in [0.3, 0.4) is 0 Å². The van der Waals surface area contributed by atoms with Gasteiger partial charge in [0.2, 0.25) is 0 Å². The molecular weight excluding hydrogens is 282 g/mol. The molecule has 1 aromatic heterocycles. The predicted molar refractivity (Wildman–Crippen MR) is 83.1 cm³/mol. The molecule has 2 N–H and O–H groups in total. The average Bonchev–Trinajstić information content (AvgIpc) is 2.55. The van der Waals surface area contributed by atoms with E-state index in [-0.39, 0.29) is 5.75 Å². The second kappa shape index (κ2) is 5.93. The number of piperazine rings is 1. The van der Waals surface area contributed by atoms with E-state index in [1.807, 2.05) is 18.2 Å². The molecule has 1 amide bonds. The molecule has 0 atom stereocenters. The van der Waals surface area contributed by atoms with Crippen LogP contribution >= 0.6 is 0 Å². The van der Waals surface area contributed by atoms with Crippen molar-refractivity contribution in [3.63, 3.8) is 0 Å². The maximum Gasteiger partial charge on any atom is 0.407 e. The molecule has 1 aromatic carbocycles.